The Morgan fingerprint density at radius 3 is 2.81 bits per heavy atom. The van der Waals surface area contributed by atoms with Crippen molar-refractivity contribution >= 4 is 17.5 Å². The van der Waals surface area contributed by atoms with Gasteiger partial charge in [-0.2, -0.15) is 4.98 Å². The third kappa shape index (κ3) is 2.31. The lowest BCUT2D eigenvalue weighted by Crippen LogP contribution is -2.37. The molecule has 0 spiro atoms. The van der Waals surface area contributed by atoms with Gasteiger partial charge in [-0.1, -0.05) is 0 Å². The van der Waals surface area contributed by atoms with Crippen LogP contribution in [0.3, 0.4) is 0 Å². The molecule has 1 fully saturated rings. The molecule has 0 amide bonds. The van der Waals surface area contributed by atoms with Crippen molar-refractivity contribution in [3.05, 3.63) is 36.3 Å². The molecule has 0 radical (unpaired) electrons. The number of nitrogens with zero attached hydrogens (tertiary/aromatic N) is 5. The van der Waals surface area contributed by atoms with Crippen LogP contribution < -0.4 is 9.80 Å². The van der Waals surface area contributed by atoms with E-state index in [4.69, 9.17) is 9.72 Å². The van der Waals surface area contributed by atoms with Crippen LogP contribution in [0.5, 0.6) is 0 Å². The Bertz CT molecular complexity index is 627. The number of rotatable bonds is 2. The molecule has 108 valence electrons. The van der Waals surface area contributed by atoms with Crippen molar-refractivity contribution in [1.82, 2.24) is 15.0 Å². The Morgan fingerprint density at radius 2 is 2.00 bits per heavy atom. The molecular weight excluding hydrogens is 266 g/mol. The molecule has 4 rings (SSSR count). The Kier molecular flexibility index (Phi) is 3.16. The van der Waals surface area contributed by atoms with Crippen LogP contribution in [0.4, 0.5) is 17.5 Å². The molecule has 0 N–H and O–H groups in total. The van der Waals surface area contributed by atoms with Crippen LogP contribution >= 0.6 is 0 Å². The fraction of sp³-hybridized carbons (Fsp3) is 0.400. The number of fused-ring (bicyclic) bond motifs is 1. The quantitative estimate of drug-likeness (QED) is 0.830. The van der Waals surface area contributed by atoms with Crippen LogP contribution in [0.15, 0.2) is 30.7 Å². The molecule has 2 aliphatic rings. The zero-order chi connectivity index (χ0) is 14.1. The minimum atomic E-state index is 0.743. The highest BCUT2D eigenvalue weighted by Gasteiger charge is 2.24. The number of ether oxygens (including phenoxy) is 1. The van der Waals surface area contributed by atoms with E-state index >= 15 is 0 Å². The van der Waals surface area contributed by atoms with Gasteiger partial charge in [0.25, 0.3) is 0 Å². The Labute approximate surface area is 123 Å². The number of hydrogen-bond acceptors (Lipinski definition) is 6. The molecule has 4 heterocycles. The summed E-state index contributed by atoms with van der Waals surface area (Å²) in [5, 5.41) is 0. The summed E-state index contributed by atoms with van der Waals surface area (Å²) in [4.78, 5) is 17.9. The third-order valence-electron chi connectivity index (χ3n) is 3.94. The summed E-state index contributed by atoms with van der Waals surface area (Å²) < 4.78 is 5.39. The van der Waals surface area contributed by atoms with Crippen molar-refractivity contribution < 1.29 is 4.74 Å². The van der Waals surface area contributed by atoms with E-state index in [-0.39, 0.29) is 0 Å². The van der Waals surface area contributed by atoms with Crippen LogP contribution in [-0.4, -0.2) is 47.8 Å². The van der Waals surface area contributed by atoms with Gasteiger partial charge < -0.3 is 14.5 Å². The number of morpholine rings is 1. The minimum absolute atomic E-state index is 0.743. The van der Waals surface area contributed by atoms with Crippen LogP contribution in [-0.2, 0) is 11.2 Å². The van der Waals surface area contributed by atoms with E-state index < -0.39 is 0 Å². The molecule has 6 nitrogen and oxygen atoms in total. The van der Waals surface area contributed by atoms with Gasteiger partial charge in [0.15, 0.2) is 0 Å². The predicted octanol–water partition coefficient (Wildman–Crippen LogP) is 1.40. The van der Waals surface area contributed by atoms with Gasteiger partial charge >= 0.3 is 0 Å². The molecule has 2 aromatic rings. The van der Waals surface area contributed by atoms with E-state index in [0.717, 1.165) is 56.7 Å². The summed E-state index contributed by atoms with van der Waals surface area (Å²) >= 11 is 0. The maximum atomic E-state index is 5.39. The molecule has 0 aliphatic carbocycles. The monoisotopic (exact) mass is 283 g/mol. The van der Waals surface area contributed by atoms with E-state index in [1.165, 1.54) is 5.56 Å². The van der Waals surface area contributed by atoms with Gasteiger partial charge in [0, 0.05) is 37.6 Å². The molecule has 0 atom stereocenters. The first kappa shape index (κ1) is 12.5. The van der Waals surface area contributed by atoms with Crippen molar-refractivity contribution in [1.29, 1.82) is 0 Å². The SMILES string of the molecule is c1cncc(N2CCc3cnc(N4CCOCC4)nc32)c1. The fourth-order valence-electron chi connectivity index (χ4n) is 2.82. The summed E-state index contributed by atoms with van der Waals surface area (Å²) in [6.45, 7) is 4.12. The van der Waals surface area contributed by atoms with Crippen molar-refractivity contribution in [2.45, 2.75) is 6.42 Å². The van der Waals surface area contributed by atoms with Gasteiger partial charge in [0.2, 0.25) is 5.95 Å². The van der Waals surface area contributed by atoms with Gasteiger partial charge in [-0.25, -0.2) is 4.98 Å². The first-order chi connectivity index (χ1) is 10.4. The summed E-state index contributed by atoms with van der Waals surface area (Å²) in [6, 6.07) is 4.02. The lowest BCUT2D eigenvalue weighted by atomic mass is 10.3. The average Bonchev–Trinajstić information content (AvgIpc) is 2.99. The first-order valence-electron chi connectivity index (χ1n) is 7.28. The highest BCUT2D eigenvalue weighted by atomic mass is 16.5. The molecule has 0 bridgehead atoms. The molecule has 1 saturated heterocycles. The minimum Gasteiger partial charge on any atom is -0.378 e. The van der Waals surface area contributed by atoms with Crippen molar-refractivity contribution in [2.24, 2.45) is 0 Å². The number of hydrogen-bond donors (Lipinski definition) is 0. The van der Waals surface area contributed by atoms with E-state index in [1.54, 1.807) is 6.20 Å². The van der Waals surface area contributed by atoms with E-state index in [0.29, 0.717) is 0 Å². The molecule has 0 unspecified atom stereocenters. The van der Waals surface area contributed by atoms with Crippen molar-refractivity contribution in [3.8, 4) is 0 Å². The van der Waals surface area contributed by atoms with Gasteiger partial charge in [-0.15, -0.1) is 0 Å². The number of anilines is 3. The standard InChI is InChI=1S/C15H17N5O/c1-2-13(11-16-4-1)20-5-3-12-10-17-15(18-14(12)20)19-6-8-21-9-7-19/h1-2,4,10-11H,3,5-9H2. The first-order valence-corrected chi connectivity index (χ1v) is 7.28. The maximum Gasteiger partial charge on any atom is 0.227 e. The zero-order valence-electron chi connectivity index (χ0n) is 11.8. The van der Waals surface area contributed by atoms with Gasteiger partial charge in [0.1, 0.15) is 5.82 Å². The van der Waals surface area contributed by atoms with E-state index in [2.05, 4.69) is 25.8 Å². The second-order valence-corrected chi connectivity index (χ2v) is 5.23. The fourth-order valence-corrected chi connectivity index (χ4v) is 2.82. The van der Waals surface area contributed by atoms with Crippen LogP contribution in [0.25, 0.3) is 0 Å². The van der Waals surface area contributed by atoms with Crippen LogP contribution in [0.1, 0.15) is 5.56 Å². The summed E-state index contributed by atoms with van der Waals surface area (Å²) in [5.74, 6) is 1.81. The number of aromatic nitrogens is 3. The maximum absolute atomic E-state index is 5.39. The third-order valence-corrected chi connectivity index (χ3v) is 3.94. The smallest absolute Gasteiger partial charge is 0.227 e. The molecule has 6 heteroatoms. The normalized spacial score (nSPS) is 17.9. The van der Waals surface area contributed by atoms with Crippen molar-refractivity contribution in [2.75, 3.05) is 42.6 Å². The van der Waals surface area contributed by atoms with E-state index in [9.17, 15) is 0 Å². The average molecular weight is 283 g/mol. The predicted molar refractivity (Wildman–Crippen MR) is 80.0 cm³/mol. The lowest BCUT2D eigenvalue weighted by Gasteiger charge is -2.27. The topological polar surface area (TPSA) is 54.4 Å². The molecule has 21 heavy (non-hydrogen) atoms. The highest BCUT2D eigenvalue weighted by Crippen LogP contribution is 2.33. The Balaban J connectivity index is 1.67. The number of pyridine rings is 1. The van der Waals surface area contributed by atoms with Crippen LogP contribution in [0, 0.1) is 0 Å². The summed E-state index contributed by atoms with van der Waals surface area (Å²) in [7, 11) is 0. The lowest BCUT2D eigenvalue weighted by molar-refractivity contribution is 0.122. The van der Waals surface area contributed by atoms with Crippen LogP contribution in [0.2, 0.25) is 0 Å². The van der Waals surface area contributed by atoms with Gasteiger partial charge in [0.05, 0.1) is 25.1 Å². The van der Waals surface area contributed by atoms with E-state index in [1.807, 2.05) is 18.5 Å². The Hall–Kier alpha value is -2.21. The zero-order valence-corrected chi connectivity index (χ0v) is 11.8. The van der Waals surface area contributed by atoms with Gasteiger partial charge in [-0.05, 0) is 18.6 Å². The van der Waals surface area contributed by atoms with Crippen molar-refractivity contribution in [3.63, 3.8) is 0 Å². The summed E-state index contributed by atoms with van der Waals surface area (Å²) in [5.41, 5.74) is 2.29. The largest absolute Gasteiger partial charge is 0.378 e. The summed E-state index contributed by atoms with van der Waals surface area (Å²) in [6.07, 6.45) is 6.61. The molecule has 0 saturated carbocycles. The van der Waals surface area contributed by atoms with Gasteiger partial charge in [-0.3, -0.25) is 4.98 Å². The molecule has 0 aromatic carbocycles. The molecule has 2 aromatic heterocycles. The second kappa shape index (κ2) is 5.29. The second-order valence-electron chi connectivity index (χ2n) is 5.23. The molecule has 2 aliphatic heterocycles. The molecular formula is C15H17N5O. The highest BCUT2D eigenvalue weighted by molar-refractivity contribution is 5.66. The Morgan fingerprint density at radius 1 is 1.10 bits per heavy atom.